The molecule has 1 rings (SSSR count). The molecular formula is C13H28N2O. The van der Waals surface area contributed by atoms with E-state index in [9.17, 15) is 0 Å². The van der Waals surface area contributed by atoms with Gasteiger partial charge in [0, 0.05) is 18.7 Å². The zero-order valence-corrected chi connectivity index (χ0v) is 11.1. The van der Waals surface area contributed by atoms with Gasteiger partial charge in [-0.1, -0.05) is 20.8 Å². The molecule has 0 aliphatic heterocycles. The van der Waals surface area contributed by atoms with Crippen molar-refractivity contribution in [3.8, 4) is 0 Å². The zero-order chi connectivity index (χ0) is 12.2. The summed E-state index contributed by atoms with van der Waals surface area (Å²) in [4.78, 5) is 0. The molecule has 1 saturated carbocycles. The van der Waals surface area contributed by atoms with E-state index in [2.05, 4.69) is 26.1 Å². The molecule has 3 nitrogen and oxygen atoms in total. The van der Waals surface area contributed by atoms with Crippen LogP contribution in [0, 0.1) is 11.3 Å². The monoisotopic (exact) mass is 228 g/mol. The molecule has 3 heteroatoms. The molecule has 4 N–H and O–H groups in total. The van der Waals surface area contributed by atoms with Crippen LogP contribution in [0.4, 0.5) is 0 Å². The Morgan fingerprint density at radius 3 is 2.56 bits per heavy atom. The molecule has 0 aromatic rings. The highest BCUT2D eigenvalue weighted by Crippen LogP contribution is 2.43. The van der Waals surface area contributed by atoms with Gasteiger partial charge in [0.1, 0.15) is 0 Å². The number of aliphatic hydroxyl groups is 1. The van der Waals surface area contributed by atoms with Gasteiger partial charge in [0.05, 0.1) is 0 Å². The minimum absolute atomic E-state index is 0.0936. The van der Waals surface area contributed by atoms with Crippen molar-refractivity contribution in [2.24, 2.45) is 17.1 Å². The molecule has 0 amide bonds. The van der Waals surface area contributed by atoms with Crippen LogP contribution < -0.4 is 11.1 Å². The Balaban J connectivity index is 2.62. The average molecular weight is 228 g/mol. The maximum absolute atomic E-state index is 8.84. The summed E-state index contributed by atoms with van der Waals surface area (Å²) in [6.07, 6.45) is 4.41. The first kappa shape index (κ1) is 13.9. The van der Waals surface area contributed by atoms with Crippen molar-refractivity contribution in [1.82, 2.24) is 5.32 Å². The first-order chi connectivity index (χ1) is 7.43. The van der Waals surface area contributed by atoms with Crippen molar-refractivity contribution in [3.05, 3.63) is 0 Å². The van der Waals surface area contributed by atoms with Crippen molar-refractivity contribution in [1.29, 1.82) is 0 Å². The van der Waals surface area contributed by atoms with E-state index in [4.69, 9.17) is 10.8 Å². The van der Waals surface area contributed by atoms with Crippen LogP contribution in [0.2, 0.25) is 0 Å². The average Bonchev–Trinajstić information content (AvgIpc) is 2.15. The van der Waals surface area contributed by atoms with E-state index in [1.54, 1.807) is 0 Å². The Bertz CT molecular complexity index is 218. The summed E-state index contributed by atoms with van der Waals surface area (Å²) >= 11 is 0. The lowest BCUT2D eigenvalue weighted by Crippen LogP contribution is -2.57. The molecule has 1 aliphatic rings. The molecule has 16 heavy (non-hydrogen) atoms. The summed E-state index contributed by atoms with van der Waals surface area (Å²) < 4.78 is 0. The molecule has 0 radical (unpaired) electrons. The van der Waals surface area contributed by atoms with Gasteiger partial charge in [0.2, 0.25) is 0 Å². The molecule has 2 atom stereocenters. The van der Waals surface area contributed by atoms with Crippen molar-refractivity contribution in [2.75, 3.05) is 19.7 Å². The van der Waals surface area contributed by atoms with E-state index in [0.29, 0.717) is 12.0 Å². The van der Waals surface area contributed by atoms with Gasteiger partial charge in [0.15, 0.2) is 0 Å². The van der Waals surface area contributed by atoms with Crippen LogP contribution >= 0.6 is 0 Å². The fourth-order valence-corrected chi connectivity index (χ4v) is 3.54. The maximum atomic E-state index is 8.84. The normalized spacial score (nSPS) is 33.9. The predicted octanol–water partition coefficient (Wildman–Crippen LogP) is 1.50. The molecule has 96 valence electrons. The van der Waals surface area contributed by atoms with Gasteiger partial charge in [-0.05, 0) is 43.6 Å². The number of rotatable bonds is 5. The molecule has 0 aromatic carbocycles. The highest BCUT2D eigenvalue weighted by atomic mass is 16.3. The van der Waals surface area contributed by atoms with E-state index in [-0.39, 0.29) is 12.1 Å². The number of hydrogen-bond donors (Lipinski definition) is 3. The van der Waals surface area contributed by atoms with E-state index >= 15 is 0 Å². The fourth-order valence-electron chi connectivity index (χ4n) is 3.54. The second-order valence-electron chi connectivity index (χ2n) is 6.34. The highest BCUT2D eigenvalue weighted by molar-refractivity contribution is 4.99. The zero-order valence-electron chi connectivity index (χ0n) is 11.1. The fraction of sp³-hybridized carbons (Fsp3) is 1.00. The molecular weight excluding hydrogens is 200 g/mol. The molecule has 0 spiro atoms. The van der Waals surface area contributed by atoms with Crippen LogP contribution in [-0.4, -0.2) is 30.3 Å². The smallest absolute Gasteiger partial charge is 0.0443 e. The van der Waals surface area contributed by atoms with Gasteiger partial charge in [-0.3, -0.25) is 0 Å². The quantitative estimate of drug-likeness (QED) is 0.625. The molecule has 1 fully saturated rings. The maximum Gasteiger partial charge on any atom is 0.0443 e. The third-order valence-corrected chi connectivity index (χ3v) is 3.68. The van der Waals surface area contributed by atoms with Crippen molar-refractivity contribution in [3.63, 3.8) is 0 Å². The van der Waals surface area contributed by atoms with E-state index in [0.717, 1.165) is 25.3 Å². The summed E-state index contributed by atoms with van der Waals surface area (Å²) in [6.45, 7) is 8.82. The Labute approximate surface area is 99.8 Å². The second kappa shape index (κ2) is 5.48. The van der Waals surface area contributed by atoms with Crippen LogP contribution in [0.5, 0.6) is 0 Å². The van der Waals surface area contributed by atoms with E-state index < -0.39 is 0 Å². The summed E-state index contributed by atoms with van der Waals surface area (Å²) in [7, 11) is 0. The van der Waals surface area contributed by atoms with Gasteiger partial charge in [0.25, 0.3) is 0 Å². The third kappa shape index (κ3) is 3.72. The Morgan fingerprint density at radius 1 is 1.38 bits per heavy atom. The predicted molar refractivity (Wildman–Crippen MR) is 68.3 cm³/mol. The van der Waals surface area contributed by atoms with Crippen LogP contribution in [-0.2, 0) is 0 Å². The van der Waals surface area contributed by atoms with Gasteiger partial charge in [-0.2, -0.15) is 0 Å². The minimum Gasteiger partial charge on any atom is -0.396 e. The summed E-state index contributed by atoms with van der Waals surface area (Å²) in [5.41, 5.74) is 6.45. The SMILES string of the molecule is CC1CC(C)(C)CC(CN)(NCCCO)C1. The Kier molecular flexibility index (Phi) is 4.77. The van der Waals surface area contributed by atoms with Gasteiger partial charge in [-0.15, -0.1) is 0 Å². The molecule has 0 aromatic heterocycles. The summed E-state index contributed by atoms with van der Waals surface area (Å²) in [5, 5.41) is 12.4. The number of nitrogens with two attached hydrogens (primary N) is 1. The highest BCUT2D eigenvalue weighted by Gasteiger charge is 2.41. The Hall–Kier alpha value is -0.120. The minimum atomic E-state index is 0.0936. The summed E-state index contributed by atoms with van der Waals surface area (Å²) in [6, 6.07) is 0. The largest absolute Gasteiger partial charge is 0.396 e. The van der Waals surface area contributed by atoms with Gasteiger partial charge >= 0.3 is 0 Å². The standard InChI is InChI=1S/C13H28N2O/c1-11-7-12(2,3)9-13(8-11,10-14)15-5-4-6-16/h11,15-16H,4-10,14H2,1-3H3. The number of hydrogen-bond acceptors (Lipinski definition) is 3. The van der Waals surface area contributed by atoms with Crippen LogP contribution in [0.15, 0.2) is 0 Å². The first-order valence-corrected chi connectivity index (χ1v) is 6.49. The molecule has 0 bridgehead atoms. The first-order valence-electron chi connectivity index (χ1n) is 6.49. The second-order valence-corrected chi connectivity index (χ2v) is 6.34. The molecule has 0 saturated heterocycles. The van der Waals surface area contributed by atoms with Crippen molar-refractivity contribution in [2.45, 2.75) is 52.0 Å². The van der Waals surface area contributed by atoms with Crippen LogP contribution in [0.1, 0.15) is 46.5 Å². The summed E-state index contributed by atoms with van der Waals surface area (Å²) in [5.74, 6) is 0.730. The van der Waals surface area contributed by atoms with E-state index in [1.165, 1.54) is 12.8 Å². The van der Waals surface area contributed by atoms with Crippen LogP contribution in [0.25, 0.3) is 0 Å². The molecule has 1 aliphatic carbocycles. The number of aliphatic hydroxyl groups excluding tert-OH is 1. The van der Waals surface area contributed by atoms with Gasteiger partial charge < -0.3 is 16.2 Å². The Morgan fingerprint density at radius 2 is 2.06 bits per heavy atom. The molecule has 2 unspecified atom stereocenters. The lowest BCUT2D eigenvalue weighted by molar-refractivity contribution is 0.0850. The van der Waals surface area contributed by atoms with Crippen LogP contribution in [0.3, 0.4) is 0 Å². The van der Waals surface area contributed by atoms with Crippen molar-refractivity contribution >= 4 is 0 Å². The lowest BCUT2D eigenvalue weighted by atomic mass is 9.64. The third-order valence-electron chi connectivity index (χ3n) is 3.68. The van der Waals surface area contributed by atoms with Crippen molar-refractivity contribution < 1.29 is 5.11 Å². The van der Waals surface area contributed by atoms with E-state index in [1.807, 2.05) is 0 Å². The lowest BCUT2D eigenvalue weighted by Gasteiger charge is -2.48. The number of nitrogens with one attached hydrogen (secondary N) is 1. The van der Waals surface area contributed by atoms with Gasteiger partial charge in [-0.25, -0.2) is 0 Å². The molecule has 0 heterocycles. The topological polar surface area (TPSA) is 58.3 Å².